The van der Waals surface area contributed by atoms with Crippen molar-refractivity contribution in [3.8, 4) is 11.8 Å². The average molecular weight is 272 g/mol. The number of rotatable bonds is 3. The summed E-state index contributed by atoms with van der Waals surface area (Å²) in [4.78, 5) is 26.1. The zero-order chi connectivity index (χ0) is 14.5. The van der Waals surface area contributed by atoms with Crippen LogP contribution in [0.15, 0.2) is 24.3 Å². The fraction of sp³-hybridized carbons (Fsp3) is 0.333. The Morgan fingerprint density at radius 1 is 1.35 bits per heavy atom. The Morgan fingerprint density at radius 3 is 2.80 bits per heavy atom. The largest absolute Gasteiger partial charge is 0.395 e. The first kappa shape index (κ1) is 14.1. The van der Waals surface area contributed by atoms with E-state index >= 15 is 0 Å². The number of carbonyl (C=O) groups is 2. The van der Waals surface area contributed by atoms with Gasteiger partial charge in [-0.15, -0.1) is 0 Å². The Morgan fingerprint density at radius 2 is 2.15 bits per heavy atom. The molecule has 0 spiro atoms. The quantitative estimate of drug-likeness (QED) is 0.654. The van der Waals surface area contributed by atoms with Crippen LogP contribution in [0.1, 0.15) is 17.5 Å². The fourth-order valence-electron chi connectivity index (χ4n) is 1.97. The van der Waals surface area contributed by atoms with Gasteiger partial charge in [0.1, 0.15) is 6.54 Å². The highest BCUT2D eigenvalue weighted by atomic mass is 16.3. The van der Waals surface area contributed by atoms with E-state index in [-0.39, 0.29) is 31.6 Å². The van der Waals surface area contributed by atoms with Crippen LogP contribution in [0.25, 0.3) is 0 Å². The van der Waals surface area contributed by atoms with Crippen LogP contribution in [0.3, 0.4) is 0 Å². The van der Waals surface area contributed by atoms with E-state index in [1.54, 1.807) is 7.05 Å². The first-order valence-corrected chi connectivity index (χ1v) is 6.36. The third-order valence-electron chi connectivity index (χ3n) is 2.97. The second-order valence-corrected chi connectivity index (χ2v) is 4.59. The minimum absolute atomic E-state index is 0.0375. The first-order valence-electron chi connectivity index (χ1n) is 6.36. The number of hydrogen-bond acceptors (Lipinski definition) is 3. The van der Waals surface area contributed by atoms with Crippen LogP contribution in [-0.2, 0) is 11.3 Å². The van der Waals surface area contributed by atoms with Crippen LogP contribution in [0.4, 0.5) is 4.79 Å². The molecule has 0 unspecified atom stereocenters. The van der Waals surface area contributed by atoms with Crippen molar-refractivity contribution in [2.75, 3.05) is 20.2 Å². The summed E-state index contributed by atoms with van der Waals surface area (Å²) in [5, 5.41) is 8.68. The molecule has 1 saturated heterocycles. The highest BCUT2D eigenvalue weighted by molar-refractivity contribution is 6.01. The van der Waals surface area contributed by atoms with Gasteiger partial charge >= 0.3 is 6.03 Å². The summed E-state index contributed by atoms with van der Waals surface area (Å²) < 4.78 is 0. The number of aliphatic hydroxyl groups excluding tert-OH is 1. The van der Waals surface area contributed by atoms with Gasteiger partial charge in [-0.1, -0.05) is 24.0 Å². The Bertz CT molecular complexity index is 586. The van der Waals surface area contributed by atoms with Crippen molar-refractivity contribution in [1.82, 2.24) is 9.80 Å². The lowest BCUT2D eigenvalue weighted by Crippen LogP contribution is -2.31. The van der Waals surface area contributed by atoms with E-state index in [1.165, 1.54) is 9.80 Å². The molecule has 5 nitrogen and oxygen atoms in total. The molecule has 1 fully saturated rings. The number of carbonyl (C=O) groups excluding carboxylic acids is 2. The molecule has 1 aliphatic heterocycles. The van der Waals surface area contributed by atoms with Crippen LogP contribution < -0.4 is 0 Å². The predicted octanol–water partition coefficient (Wildman–Crippen LogP) is 0.814. The molecule has 0 saturated carbocycles. The SMILES string of the molecule is CN1CC(=O)N(Cc2cccc(C#CCCO)c2)C1=O. The normalized spacial score (nSPS) is 14.5. The molecular formula is C15H16N2O3. The first-order chi connectivity index (χ1) is 9.61. The fourth-order valence-corrected chi connectivity index (χ4v) is 1.97. The molecule has 2 rings (SSSR count). The van der Waals surface area contributed by atoms with Crippen molar-refractivity contribution < 1.29 is 14.7 Å². The van der Waals surface area contributed by atoms with Crippen molar-refractivity contribution in [3.63, 3.8) is 0 Å². The maximum atomic E-state index is 11.8. The van der Waals surface area contributed by atoms with E-state index < -0.39 is 0 Å². The van der Waals surface area contributed by atoms with Gasteiger partial charge in [0, 0.05) is 19.0 Å². The highest BCUT2D eigenvalue weighted by Crippen LogP contribution is 2.14. The number of benzene rings is 1. The number of likely N-dealkylation sites (N-methyl/N-ethyl adjacent to an activating group) is 1. The molecule has 0 bridgehead atoms. The molecular weight excluding hydrogens is 256 g/mol. The average Bonchev–Trinajstić information content (AvgIpc) is 2.66. The van der Waals surface area contributed by atoms with Crippen LogP contribution in [0.2, 0.25) is 0 Å². The van der Waals surface area contributed by atoms with E-state index in [0.29, 0.717) is 6.42 Å². The maximum absolute atomic E-state index is 11.8. The molecule has 1 aromatic rings. The van der Waals surface area contributed by atoms with Gasteiger partial charge in [-0.25, -0.2) is 4.79 Å². The number of urea groups is 1. The molecule has 0 aromatic heterocycles. The smallest absolute Gasteiger partial charge is 0.327 e. The van der Waals surface area contributed by atoms with E-state index in [1.807, 2.05) is 24.3 Å². The third-order valence-corrected chi connectivity index (χ3v) is 2.97. The summed E-state index contributed by atoms with van der Waals surface area (Å²) in [7, 11) is 1.61. The van der Waals surface area contributed by atoms with E-state index in [4.69, 9.17) is 5.11 Å². The molecule has 20 heavy (non-hydrogen) atoms. The van der Waals surface area contributed by atoms with Crippen molar-refractivity contribution in [2.45, 2.75) is 13.0 Å². The topological polar surface area (TPSA) is 60.9 Å². The van der Waals surface area contributed by atoms with E-state index in [0.717, 1.165) is 11.1 Å². The molecule has 0 radical (unpaired) electrons. The van der Waals surface area contributed by atoms with Gasteiger partial charge in [-0.05, 0) is 17.7 Å². The molecule has 1 heterocycles. The number of aliphatic hydroxyl groups is 1. The summed E-state index contributed by atoms with van der Waals surface area (Å²) in [6.45, 7) is 0.433. The highest BCUT2D eigenvalue weighted by Gasteiger charge is 2.33. The van der Waals surface area contributed by atoms with Crippen LogP contribution in [0, 0.1) is 11.8 Å². The van der Waals surface area contributed by atoms with Crippen LogP contribution >= 0.6 is 0 Å². The summed E-state index contributed by atoms with van der Waals surface area (Å²) in [6.07, 6.45) is 0.429. The summed E-state index contributed by atoms with van der Waals surface area (Å²) in [5.74, 6) is 5.59. The van der Waals surface area contributed by atoms with Gasteiger partial charge in [0.2, 0.25) is 0 Å². The molecule has 5 heteroatoms. The standard InChI is InChI=1S/C15H16N2O3/c1-16-11-14(19)17(15(16)20)10-13-7-4-6-12(9-13)5-2-3-8-18/h4,6-7,9,18H,3,8,10-11H2,1H3. The monoisotopic (exact) mass is 272 g/mol. The second-order valence-electron chi connectivity index (χ2n) is 4.59. The van der Waals surface area contributed by atoms with Gasteiger partial charge in [0.05, 0.1) is 13.2 Å². The molecule has 104 valence electrons. The molecule has 1 aliphatic rings. The molecule has 1 N–H and O–H groups in total. The lowest BCUT2D eigenvalue weighted by Gasteiger charge is -2.14. The number of hydrogen-bond donors (Lipinski definition) is 1. The van der Waals surface area contributed by atoms with Crippen molar-refractivity contribution in [3.05, 3.63) is 35.4 Å². The lowest BCUT2D eigenvalue weighted by molar-refractivity contribution is -0.125. The van der Waals surface area contributed by atoms with E-state index in [2.05, 4.69) is 11.8 Å². The van der Waals surface area contributed by atoms with Crippen LogP contribution in [0.5, 0.6) is 0 Å². The molecule has 0 aliphatic carbocycles. The molecule has 0 atom stereocenters. The number of nitrogens with zero attached hydrogens (tertiary/aromatic N) is 2. The number of imide groups is 1. The minimum Gasteiger partial charge on any atom is -0.395 e. The molecule has 1 aromatic carbocycles. The van der Waals surface area contributed by atoms with Crippen molar-refractivity contribution in [2.24, 2.45) is 0 Å². The summed E-state index contributed by atoms with van der Waals surface area (Å²) >= 11 is 0. The van der Waals surface area contributed by atoms with Crippen molar-refractivity contribution >= 4 is 11.9 Å². The Kier molecular flexibility index (Phi) is 4.38. The van der Waals surface area contributed by atoms with E-state index in [9.17, 15) is 9.59 Å². The zero-order valence-electron chi connectivity index (χ0n) is 11.3. The molecule has 3 amide bonds. The Balaban J connectivity index is 2.11. The van der Waals surface area contributed by atoms with Gasteiger partial charge in [0.25, 0.3) is 5.91 Å². The van der Waals surface area contributed by atoms with Gasteiger partial charge in [-0.3, -0.25) is 9.69 Å². The van der Waals surface area contributed by atoms with Gasteiger partial charge < -0.3 is 10.0 Å². The lowest BCUT2D eigenvalue weighted by atomic mass is 10.1. The zero-order valence-corrected chi connectivity index (χ0v) is 11.3. The predicted molar refractivity (Wildman–Crippen MR) is 73.6 cm³/mol. The third kappa shape index (κ3) is 3.16. The summed E-state index contributed by atoms with van der Waals surface area (Å²) in [6, 6.07) is 7.13. The Hall–Kier alpha value is -2.32. The second kappa shape index (κ2) is 6.22. The van der Waals surface area contributed by atoms with Crippen LogP contribution in [-0.4, -0.2) is 47.0 Å². The minimum atomic E-state index is -0.272. The van der Waals surface area contributed by atoms with Gasteiger partial charge in [-0.2, -0.15) is 0 Å². The van der Waals surface area contributed by atoms with Crippen molar-refractivity contribution in [1.29, 1.82) is 0 Å². The summed E-state index contributed by atoms with van der Waals surface area (Å²) in [5.41, 5.74) is 1.67. The Labute approximate surface area is 117 Å². The van der Waals surface area contributed by atoms with Gasteiger partial charge in [0.15, 0.2) is 0 Å². The maximum Gasteiger partial charge on any atom is 0.327 e. The number of amides is 3.